The number of aryl methyl sites for hydroxylation is 1. The van der Waals surface area contributed by atoms with E-state index < -0.39 is 5.97 Å². The van der Waals surface area contributed by atoms with E-state index in [-0.39, 0.29) is 5.92 Å². The number of hydrogen-bond donors (Lipinski definition) is 1. The molecule has 5 heteroatoms. The maximum atomic E-state index is 13.0. The van der Waals surface area contributed by atoms with E-state index in [0.717, 1.165) is 69.8 Å². The van der Waals surface area contributed by atoms with Crippen molar-refractivity contribution in [3.05, 3.63) is 29.3 Å². The van der Waals surface area contributed by atoms with Crippen LogP contribution >= 0.6 is 0 Å². The second-order valence-electron chi connectivity index (χ2n) is 9.88. The van der Waals surface area contributed by atoms with Crippen LogP contribution in [0.25, 0.3) is 0 Å². The first-order valence-corrected chi connectivity index (χ1v) is 12.5. The number of carbonyl (C=O) groups excluding carboxylic acids is 1. The molecule has 1 saturated carbocycles. The number of benzene rings is 1. The number of nitrogens with zero attached hydrogens (tertiary/aromatic N) is 2. The highest BCUT2D eigenvalue weighted by Crippen LogP contribution is 2.31. The minimum absolute atomic E-state index is 0.217. The number of hydrogen-bond acceptors (Lipinski definition) is 3. The molecule has 1 N–H and O–H groups in total. The second kappa shape index (κ2) is 10.6. The number of likely N-dealkylation sites (tertiary alicyclic amines) is 1. The quantitative estimate of drug-likeness (QED) is 0.689. The van der Waals surface area contributed by atoms with Crippen LogP contribution in [0.1, 0.15) is 75.3 Å². The Bertz CT molecular complexity index is 772. The van der Waals surface area contributed by atoms with Crippen molar-refractivity contribution in [3.8, 4) is 0 Å². The summed E-state index contributed by atoms with van der Waals surface area (Å²) in [7, 11) is 0. The number of amides is 1. The highest BCUT2D eigenvalue weighted by atomic mass is 16.4. The Morgan fingerprint density at radius 1 is 1.00 bits per heavy atom. The molecule has 2 aliphatic heterocycles. The van der Waals surface area contributed by atoms with Gasteiger partial charge in [0.05, 0.1) is 5.92 Å². The summed E-state index contributed by atoms with van der Waals surface area (Å²) in [6.45, 7) is 3.42. The molecule has 31 heavy (non-hydrogen) atoms. The SMILES string of the molecule is O=C(O)C1CCCN(CCc2ccc3c(c2)CCCN3C(=O)CCC2CCCCC2)C1. The topological polar surface area (TPSA) is 60.9 Å². The fourth-order valence-corrected chi connectivity index (χ4v) is 5.75. The van der Waals surface area contributed by atoms with Crippen LogP contribution in [-0.2, 0) is 22.4 Å². The van der Waals surface area contributed by atoms with Crippen LogP contribution in [0.4, 0.5) is 5.69 Å². The first-order chi connectivity index (χ1) is 15.1. The van der Waals surface area contributed by atoms with Gasteiger partial charge >= 0.3 is 5.97 Å². The van der Waals surface area contributed by atoms with Gasteiger partial charge in [0.15, 0.2) is 0 Å². The van der Waals surface area contributed by atoms with Crippen molar-refractivity contribution in [1.82, 2.24) is 4.90 Å². The van der Waals surface area contributed by atoms with E-state index in [9.17, 15) is 14.7 Å². The normalized spacial score (nSPS) is 22.8. The Morgan fingerprint density at radius 3 is 2.65 bits per heavy atom. The minimum atomic E-state index is -0.660. The Kier molecular flexibility index (Phi) is 7.65. The number of fused-ring (bicyclic) bond motifs is 1. The molecule has 1 aromatic carbocycles. The first-order valence-electron chi connectivity index (χ1n) is 12.5. The lowest BCUT2D eigenvalue weighted by atomic mass is 9.86. The van der Waals surface area contributed by atoms with Crippen molar-refractivity contribution in [3.63, 3.8) is 0 Å². The Labute approximate surface area is 186 Å². The molecule has 3 aliphatic rings. The van der Waals surface area contributed by atoms with Crippen molar-refractivity contribution >= 4 is 17.6 Å². The van der Waals surface area contributed by atoms with Gasteiger partial charge in [0.1, 0.15) is 0 Å². The number of aliphatic carboxylic acids is 1. The molecule has 4 rings (SSSR count). The monoisotopic (exact) mass is 426 g/mol. The minimum Gasteiger partial charge on any atom is -0.481 e. The van der Waals surface area contributed by atoms with Crippen molar-refractivity contribution in [2.24, 2.45) is 11.8 Å². The summed E-state index contributed by atoms with van der Waals surface area (Å²) in [4.78, 5) is 28.6. The zero-order valence-electron chi connectivity index (χ0n) is 18.9. The van der Waals surface area contributed by atoms with Crippen molar-refractivity contribution in [2.45, 2.75) is 77.0 Å². The summed E-state index contributed by atoms with van der Waals surface area (Å²) < 4.78 is 0. The number of carboxylic acid groups (broad SMARTS) is 1. The molecule has 1 unspecified atom stereocenters. The molecule has 170 valence electrons. The third-order valence-corrected chi connectivity index (χ3v) is 7.63. The lowest BCUT2D eigenvalue weighted by Gasteiger charge is -2.32. The Hall–Kier alpha value is -1.88. The van der Waals surface area contributed by atoms with Crippen LogP contribution in [0.15, 0.2) is 18.2 Å². The zero-order chi connectivity index (χ0) is 21.6. The van der Waals surface area contributed by atoms with Crippen molar-refractivity contribution in [1.29, 1.82) is 0 Å². The van der Waals surface area contributed by atoms with Gasteiger partial charge in [-0.1, -0.05) is 44.2 Å². The van der Waals surface area contributed by atoms with Gasteiger partial charge in [-0.25, -0.2) is 0 Å². The highest BCUT2D eigenvalue weighted by Gasteiger charge is 2.26. The van der Waals surface area contributed by atoms with Crippen molar-refractivity contribution < 1.29 is 14.7 Å². The van der Waals surface area contributed by atoms with Crippen LogP contribution in [0, 0.1) is 11.8 Å². The number of piperidine rings is 1. The zero-order valence-corrected chi connectivity index (χ0v) is 18.9. The average Bonchev–Trinajstić information content (AvgIpc) is 2.81. The summed E-state index contributed by atoms with van der Waals surface area (Å²) in [6.07, 6.45) is 13.2. The standard InChI is InChI=1S/C26H38N2O3/c29-25(13-11-20-6-2-1-3-7-20)28-16-5-8-22-18-21(10-12-24(22)28)14-17-27-15-4-9-23(19-27)26(30)31/h10,12,18,20,23H,1-9,11,13-17,19H2,(H,30,31). The molecular formula is C26H38N2O3. The first kappa shape index (κ1) is 22.3. The Balaban J connectivity index is 1.32. The molecular weight excluding hydrogens is 388 g/mol. The van der Waals surface area contributed by atoms with E-state index >= 15 is 0 Å². The average molecular weight is 427 g/mol. The fraction of sp³-hybridized carbons (Fsp3) is 0.692. The lowest BCUT2D eigenvalue weighted by Crippen LogP contribution is -2.39. The van der Waals surface area contributed by atoms with Gasteiger partial charge in [-0.3, -0.25) is 9.59 Å². The van der Waals surface area contributed by atoms with E-state index in [4.69, 9.17) is 0 Å². The van der Waals surface area contributed by atoms with E-state index in [2.05, 4.69) is 23.1 Å². The van der Waals surface area contributed by atoms with Gasteiger partial charge < -0.3 is 14.9 Å². The maximum Gasteiger partial charge on any atom is 0.307 e. The van der Waals surface area contributed by atoms with Crippen molar-refractivity contribution in [2.75, 3.05) is 31.1 Å². The fourth-order valence-electron chi connectivity index (χ4n) is 5.75. The Morgan fingerprint density at radius 2 is 1.84 bits per heavy atom. The van der Waals surface area contributed by atoms with E-state index in [1.54, 1.807) is 0 Å². The molecule has 5 nitrogen and oxygen atoms in total. The molecule has 1 saturated heterocycles. The smallest absolute Gasteiger partial charge is 0.307 e. The third kappa shape index (κ3) is 5.88. The number of carboxylic acids is 1. The summed E-state index contributed by atoms with van der Waals surface area (Å²) in [5.41, 5.74) is 3.72. The number of anilines is 1. The molecule has 1 amide bonds. The molecule has 1 atom stereocenters. The molecule has 2 fully saturated rings. The predicted octanol–water partition coefficient (Wildman–Crippen LogP) is 4.67. The largest absolute Gasteiger partial charge is 0.481 e. The van der Waals surface area contributed by atoms with E-state index in [1.807, 2.05) is 4.90 Å². The summed E-state index contributed by atoms with van der Waals surface area (Å²) in [5.74, 6) is 0.171. The third-order valence-electron chi connectivity index (χ3n) is 7.63. The van der Waals surface area contributed by atoms with Gasteiger partial charge in [0.2, 0.25) is 5.91 Å². The molecule has 0 bridgehead atoms. The van der Waals surface area contributed by atoms with Gasteiger partial charge in [0.25, 0.3) is 0 Å². The van der Waals surface area contributed by atoms with E-state index in [0.29, 0.717) is 18.9 Å². The van der Waals surface area contributed by atoms with Crippen LogP contribution in [0.3, 0.4) is 0 Å². The van der Waals surface area contributed by atoms with Gasteiger partial charge in [-0.15, -0.1) is 0 Å². The molecule has 1 aliphatic carbocycles. The molecule has 1 aromatic rings. The highest BCUT2D eigenvalue weighted by molar-refractivity contribution is 5.94. The van der Waals surface area contributed by atoms with Crippen LogP contribution in [0.5, 0.6) is 0 Å². The molecule has 2 heterocycles. The van der Waals surface area contributed by atoms with Gasteiger partial charge in [-0.2, -0.15) is 0 Å². The van der Waals surface area contributed by atoms with Gasteiger partial charge in [0, 0.05) is 31.7 Å². The summed E-state index contributed by atoms with van der Waals surface area (Å²) >= 11 is 0. The number of carbonyl (C=O) groups is 2. The predicted molar refractivity (Wildman–Crippen MR) is 123 cm³/mol. The van der Waals surface area contributed by atoms with Gasteiger partial charge in [-0.05, 0) is 68.2 Å². The maximum absolute atomic E-state index is 13.0. The summed E-state index contributed by atoms with van der Waals surface area (Å²) in [6, 6.07) is 6.61. The molecule has 0 spiro atoms. The summed E-state index contributed by atoms with van der Waals surface area (Å²) in [5, 5.41) is 9.30. The lowest BCUT2D eigenvalue weighted by molar-refractivity contribution is -0.143. The van der Waals surface area contributed by atoms with Crippen LogP contribution < -0.4 is 4.90 Å². The van der Waals surface area contributed by atoms with Crippen LogP contribution in [-0.4, -0.2) is 48.1 Å². The van der Waals surface area contributed by atoms with Crippen LogP contribution in [0.2, 0.25) is 0 Å². The molecule has 0 radical (unpaired) electrons. The second-order valence-corrected chi connectivity index (χ2v) is 9.88. The van der Waals surface area contributed by atoms with E-state index in [1.165, 1.54) is 43.2 Å². The molecule has 0 aromatic heterocycles. The number of rotatable bonds is 7.